The van der Waals surface area contributed by atoms with Crippen LogP contribution in [0.25, 0.3) is 0 Å². The maximum atomic E-state index is 5.69. The molecule has 1 heterocycles. The van der Waals surface area contributed by atoms with Crippen LogP contribution in [-0.2, 0) is 0 Å². The van der Waals surface area contributed by atoms with Crippen LogP contribution in [0, 0.1) is 6.92 Å². The Morgan fingerprint density at radius 2 is 1.75 bits per heavy atom. The first-order valence-electron chi connectivity index (χ1n) is 4.05. The largest absolute Gasteiger partial charge is 0.509 e. The fourth-order valence-electron chi connectivity index (χ4n) is 1.33. The molecule has 0 fully saturated rings. The predicted octanol–water partition coefficient (Wildman–Crippen LogP) is 2.47. The summed E-state index contributed by atoms with van der Waals surface area (Å²) in [6.07, 6.45) is 0. The molecule has 0 atom stereocenters. The van der Waals surface area contributed by atoms with Gasteiger partial charge in [0.05, 0.1) is 0 Å². The zero-order valence-electron chi connectivity index (χ0n) is 7.55. The van der Waals surface area contributed by atoms with E-state index in [4.69, 9.17) is 8.85 Å². The van der Waals surface area contributed by atoms with Crippen LogP contribution in [0.3, 0.4) is 0 Å². The molecule has 1 aliphatic heterocycles. The van der Waals surface area contributed by atoms with Crippen LogP contribution in [0.5, 0.6) is 11.5 Å². The van der Waals surface area contributed by atoms with Gasteiger partial charge in [-0.05, 0) is 24.6 Å². The fourth-order valence-corrected chi connectivity index (χ4v) is 2.76. The van der Waals surface area contributed by atoms with E-state index in [1.54, 1.807) is 0 Å². The van der Waals surface area contributed by atoms with E-state index in [2.05, 4.69) is 6.92 Å². The van der Waals surface area contributed by atoms with Gasteiger partial charge >= 0.3 is 8.56 Å². The Morgan fingerprint density at radius 3 is 2.50 bits per heavy atom. The van der Waals surface area contributed by atoms with Gasteiger partial charge in [-0.15, -0.1) is 0 Å². The number of rotatable bonds is 0. The molecule has 0 unspecified atom stereocenters. The number of hydrogen-bond acceptors (Lipinski definition) is 2. The zero-order chi connectivity index (χ0) is 8.77. The summed E-state index contributed by atoms with van der Waals surface area (Å²) < 4.78 is 11.4. The second kappa shape index (κ2) is 2.26. The molecule has 0 amide bonds. The molecule has 0 bridgehead atoms. The first-order valence-corrected chi connectivity index (χ1v) is 6.87. The van der Waals surface area contributed by atoms with E-state index in [9.17, 15) is 0 Å². The molecule has 0 aliphatic carbocycles. The lowest BCUT2D eigenvalue weighted by Gasteiger charge is -2.11. The summed E-state index contributed by atoms with van der Waals surface area (Å²) in [5.41, 5.74) is 1.21. The van der Waals surface area contributed by atoms with E-state index in [0.29, 0.717) is 0 Å². The van der Waals surface area contributed by atoms with Gasteiger partial charge in [0.25, 0.3) is 0 Å². The Labute approximate surface area is 73.4 Å². The smallest absolute Gasteiger partial charge is 0.454 e. The maximum Gasteiger partial charge on any atom is 0.454 e. The third-order valence-electron chi connectivity index (χ3n) is 1.81. The van der Waals surface area contributed by atoms with Gasteiger partial charge in [-0.25, -0.2) is 0 Å². The number of hydrogen-bond donors (Lipinski definition) is 0. The van der Waals surface area contributed by atoms with Gasteiger partial charge in [0.2, 0.25) is 0 Å². The van der Waals surface area contributed by atoms with Crippen molar-refractivity contribution in [2.75, 3.05) is 0 Å². The van der Waals surface area contributed by atoms with Crippen LogP contribution in [0.4, 0.5) is 0 Å². The van der Waals surface area contributed by atoms with Gasteiger partial charge in [0, 0.05) is 13.1 Å². The second-order valence-corrected chi connectivity index (χ2v) is 6.76. The highest BCUT2D eigenvalue weighted by molar-refractivity contribution is 6.67. The van der Waals surface area contributed by atoms with E-state index < -0.39 is 8.56 Å². The van der Waals surface area contributed by atoms with Crippen molar-refractivity contribution < 1.29 is 8.85 Å². The minimum atomic E-state index is -1.87. The lowest BCUT2D eigenvalue weighted by Crippen LogP contribution is -2.36. The molecule has 64 valence electrons. The van der Waals surface area contributed by atoms with Crippen molar-refractivity contribution in [1.29, 1.82) is 0 Å². The minimum Gasteiger partial charge on any atom is -0.509 e. The maximum absolute atomic E-state index is 5.69. The van der Waals surface area contributed by atoms with Crippen LogP contribution in [0.1, 0.15) is 5.56 Å². The van der Waals surface area contributed by atoms with Crippen molar-refractivity contribution in [3.8, 4) is 11.5 Å². The Kier molecular flexibility index (Phi) is 1.45. The monoisotopic (exact) mass is 180 g/mol. The van der Waals surface area contributed by atoms with Gasteiger partial charge in [0.1, 0.15) is 11.5 Å². The lowest BCUT2D eigenvalue weighted by atomic mass is 10.2. The molecular formula is C9H12O2Si. The van der Waals surface area contributed by atoms with Crippen LogP contribution in [0.15, 0.2) is 18.2 Å². The summed E-state index contributed by atoms with van der Waals surface area (Å²) in [6.45, 7) is 6.14. The minimum absolute atomic E-state index is 0.900. The second-order valence-electron chi connectivity index (χ2n) is 3.55. The molecule has 12 heavy (non-hydrogen) atoms. The summed E-state index contributed by atoms with van der Waals surface area (Å²) >= 11 is 0. The van der Waals surface area contributed by atoms with E-state index in [0.717, 1.165) is 11.5 Å². The fraction of sp³-hybridized carbons (Fsp3) is 0.333. The quantitative estimate of drug-likeness (QED) is 0.571. The van der Waals surface area contributed by atoms with Crippen molar-refractivity contribution >= 4 is 8.56 Å². The average molecular weight is 180 g/mol. The molecule has 0 radical (unpaired) electrons. The van der Waals surface area contributed by atoms with Crippen molar-refractivity contribution in [2.24, 2.45) is 0 Å². The van der Waals surface area contributed by atoms with Gasteiger partial charge < -0.3 is 8.85 Å². The first-order chi connectivity index (χ1) is 5.57. The van der Waals surface area contributed by atoms with E-state index >= 15 is 0 Å². The summed E-state index contributed by atoms with van der Waals surface area (Å²) in [4.78, 5) is 0. The van der Waals surface area contributed by atoms with Crippen LogP contribution >= 0.6 is 0 Å². The first kappa shape index (κ1) is 7.67. The molecule has 0 saturated carbocycles. The van der Waals surface area contributed by atoms with Crippen LogP contribution < -0.4 is 8.85 Å². The van der Waals surface area contributed by atoms with Crippen molar-refractivity contribution in [1.82, 2.24) is 0 Å². The topological polar surface area (TPSA) is 18.5 Å². The van der Waals surface area contributed by atoms with Crippen LogP contribution in [-0.4, -0.2) is 8.56 Å². The molecule has 1 aliphatic rings. The van der Waals surface area contributed by atoms with Gasteiger partial charge in [-0.3, -0.25) is 0 Å². The van der Waals surface area contributed by atoms with Crippen molar-refractivity contribution in [3.05, 3.63) is 23.8 Å². The van der Waals surface area contributed by atoms with E-state index in [-0.39, 0.29) is 0 Å². The molecule has 0 saturated heterocycles. The molecule has 2 nitrogen and oxygen atoms in total. The summed E-state index contributed by atoms with van der Waals surface area (Å²) in [5, 5.41) is 0. The standard InChI is InChI=1S/C9H12O2Si/c1-7-4-5-8-9(6-7)11-12(2,3)10-8/h4-6H,1-3H3. The third-order valence-corrected chi connectivity index (χ3v) is 3.23. The van der Waals surface area contributed by atoms with Gasteiger partial charge in [0.15, 0.2) is 0 Å². The molecule has 0 aromatic heterocycles. The zero-order valence-corrected chi connectivity index (χ0v) is 8.55. The highest BCUT2D eigenvalue weighted by atomic mass is 28.4. The molecule has 1 aromatic rings. The summed E-state index contributed by atoms with van der Waals surface area (Å²) in [7, 11) is -1.87. The SMILES string of the molecule is Cc1ccc2c(c1)O[Si](C)(C)O2. The Morgan fingerprint density at radius 1 is 1.08 bits per heavy atom. The van der Waals surface area contributed by atoms with E-state index in [1.807, 2.05) is 31.3 Å². The Balaban J connectivity index is 2.43. The Hall–Kier alpha value is -0.963. The molecule has 3 heteroatoms. The predicted molar refractivity (Wildman–Crippen MR) is 49.9 cm³/mol. The molecule has 1 aromatic carbocycles. The summed E-state index contributed by atoms with van der Waals surface area (Å²) in [6, 6.07) is 6.04. The molecule has 0 N–H and O–H groups in total. The van der Waals surface area contributed by atoms with E-state index in [1.165, 1.54) is 5.56 Å². The Bertz CT molecular complexity index is 320. The molecular weight excluding hydrogens is 168 g/mol. The highest BCUT2D eigenvalue weighted by Gasteiger charge is 2.36. The lowest BCUT2D eigenvalue weighted by molar-refractivity contribution is 0.474. The van der Waals surface area contributed by atoms with Gasteiger partial charge in [-0.1, -0.05) is 6.07 Å². The number of benzene rings is 1. The molecule has 0 spiro atoms. The normalized spacial score (nSPS) is 17.9. The number of aryl methyl sites for hydroxylation is 1. The average Bonchev–Trinajstić information content (AvgIpc) is 2.21. The van der Waals surface area contributed by atoms with Crippen molar-refractivity contribution in [3.63, 3.8) is 0 Å². The van der Waals surface area contributed by atoms with Crippen LogP contribution in [0.2, 0.25) is 13.1 Å². The van der Waals surface area contributed by atoms with Crippen molar-refractivity contribution in [2.45, 2.75) is 20.0 Å². The number of fused-ring (bicyclic) bond motifs is 1. The van der Waals surface area contributed by atoms with Gasteiger partial charge in [-0.2, -0.15) is 0 Å². The highest BCUT2D eigenvalue weighted by Crippen LogP contribution is 2.37. The molecule has 2 rings (SSSR count). The summed E-state index contributed by atoms with van der Waals surface area (Å²) in [5.74, 6) is 1.81. The third kappa shape index (κ3) is 1.20.